The smallest absolute Gasteiger partial charge is 0.280 e. The van der Waals surface area contributed by atoms with Crippen molar-refractivity contribution in [3.05, 3.63) is 65.3 Å². The molecule has 0 saturated heterocycles. The maximum atomic E-state index is 12.4. The molecule has 6 nitrogen and oxygen atoms in total. The average molecular weight is 337 g/mol. The second kappa shape index (κ2) is 6.13. The first kappa shape index (κ1) is 14.4. The molecule has 0 aliphatic carbocycles. The molecular formula is C17H11N3O3S. The molecule has 4 rings (SSSR count). The first-order chi connectivity index (χ1) is 11.8. The summed E-state index contributed by atoms with van der Waals surface area (Å²) in [5.74, 6) is 0.240. The Balaban J connectivity index is 1.57. The van der Waals surface area contributed by atoms with E-state index in [4.69, 9.17) is 8.94 Å². The number of thiophene rings is 1. The van der Waals surface area contributed by atoms with Crippen LogP contribution in [0.15, 0.2) is 68.6 Å². The summed E-state index contributed by atoms with van der Waals surface area (Å²) in [6, 6.07) is 12.9. The SMILES string of the molecule is O=C(Nc1cc(-c2ccsc2)no1)c1ncoc1-c1ccccc1. The summed E-state index contributed by atoms with van der Waals surface area (Å²) in [5, 5.41) is 10.5. The zero-order valence-electron chi connectivity index (χ0n) is 12.3. The van der Waals surface area contributed by atoms with Gasteiger partial charge in [-0.2, -0.15) is 11.3 Å². The Kier molecular flexibility index (Phi) is 3.68. The number of nitrogens with zero attached hydrogens (tertiary/aromatic N) is 2. The molecule has 1 amide bonds. The van der Waals surface area contributed by atoms with Crippen LogP contribution in [0, 0.1) is 0 Å². The van der Waals surface area contributed by atoms with Gasteiger partial charge in [-0.25, -0.2) is 4.98 Å². The molecule has 4 aromatic rings. The second-order valence-corrected chi connectivity index (χ2v) is 5.72. The highest BCUT2D eigenvalue weighted by Crippen LogP contribution is 2.26. The van der Waals surface area contributed by atoms with Crippen molar-refractivity contribution in [1.29, 1.82) is 0 Å². The van der Waals surface area contributed by atoms with Crippen LogP contribution < -0.4 is 5.32 Å². The van der Waals surface area contributed by atoms with Crippen LogP contribution in [-0.2, 0) is 0 Å². The van der Waals surface area contributed by atoms with Gasteiger partial charge in [0.25, 0.3) is 5.91 Å². The molecule has 0 atom stereocenters. The zero-order valence-corrected chi connectivity index (χ0v) is 13.1. The summed E-state index contributed by atoms with van der Waals surface area (Å²) in [4.78, 5) is 16.5. The van der Waals surface area contributed by atoms with Crippen molar-refractivity contribution in [3.8, 4) is 22.6 Å². The van der Waals surface area contributed by atoms with E-state index in [9.17, 15) is 4.79 Å². The van der Waals surface area contributed by atoms with E-state index in [-0.39, 0.29) is 11.6 Å². The van der Waals surface area contributed by atoms with E-state index in [1.54, 1.807) is 17.4 Å². The summed E-state index contributed by atoms with van der Waals surface area (Å²) in [6.07, 6.45) is 1.24. The number of rotatable bonds is 4. The second-order valence-electron chi connectivity index (χ2n) is 4.94. The van der Waals surface area contributed by atoms with E-state index >= 15 is 0 Å². The molecule has 7 heteroatoms. The van der Waals surface area contributed by atoms with Gasteiger partial charge >= 0.3 is 0 Å². The molecule has 0 fully saturated rings. The predicted molar refractivity (Wildman–Crippen MR) is 89.7 cm³/mol. The van der Waals surface area contributed by atoms with Gasteiger partial charge in [-0.1, -0.05) is 35.5 Å². The van der Waals surface area contributed by atoms with Crippen LogP contribution in [0.1, 0.15) is 10.5 Å². The average Bonchev–Trinajstić information content (AvgIpc) is 3.36. The van der Waals surface area contributed by atoms with Crippen molar-refractivity contribution in [3.63, 3.8) is 0 Å². The Morgan fingerprint density at radius 3 is 2.79 bits per heavy atom. The van der Waals surface area contributed by atoms with Gasteiger partial charge in [0.15, 0.2) is 17.8 Å². The van der Waals surface area contributed by atoms with Gasteiger partial charge in [0, 0.05) is 22.6 Å². The van der Waals surface area contributed by atoms with E-state index in [1.165, 1.54) is 6.39 Å². The van der Waals surface area contributed by atoms with Gasteiger partial charge in [0.05, 0.1) is 0 Å². The number of aromatic nitrogens is 2. The highest BCUT2D eigenvalue weighted by Gasteiger charge is 2.20. The minimum atomic E-state index is -0.421. The van der Waals surface area contributed by atoms with E-state index < -0.39 is 5.91 Å². The minimum Gasteiger partial charge on any atom is -0.443 e. The minimum absolute atomic E-state index is 0.190. The quantitative estimate of drug-likeness (QED) is 0.600. The normalized spacial score (nSPS) is 10.7. The Morgan fingerprint density at radius 1 is 1.12 bits per heavy atom. The lowest BCUT2D eigenvalue weighted by molar-refractivity contribution is 0.102. The number of hydrogen-bond acceptors (Lipinski definition) is 6. The van der Waals surface area contributed by atoms with E-state index in [0.717, 1.165) is 11.1 Å². The molecule has 118 valence electrons. The lowest BCUT2D eigenvalue weighted by Gasteiger charge is -2.01. The van der Waals surface area contributed by atoms with E-state index in [0.29, 0.717) is 11.5 Å². The Morgan fingerprint density at radius 2 is 2.00 bits per heavy atom. The van der Waals surface area contributed by atoms with Crippen LogP contribution >= 0.6 is 11.3 Å². The topological polar surface area (TPSA) is 81.2 Å². The third-order valence-corrected chi connectivity index (χ3v) is 4.07. The lowest BCUT2D eigenvalue weighted by Crippen LogP contribution is -2.12. The largest absolute Gasteiger partial charge is 0.443 e. The van der Waals surface area contributed by atoms with Gasteiger partial charge in [-0.15, -0.1) is 0 Å². The summed E-state index contributed by atoms with van der Waals surface area (Å²) in [5.41, 5.74) is 2.57. The molecule has 0 aliphatic heterocycles. The van der Waals surface area contributed by atoms with Crippen LogP contribution in [0.5, 0.6) is 0 Å². The molecule has 0 unspecified atom stereocenters. The first-order valence-electron chi connectivity index (χ1n) is 7.11. The molecule has 1 aromatic carbocycles. The van der Waals surface area contributed by atoms with E-state index in [1.807, 2.05) is 47.2 Å². The van der Waals surface area contributed by atoms with Gasteiger partial charge < -0.3 is 8.94 Å². The molecule has 3 aromatic heterocycles. The van der Waals surface area contributed by atoms with Gasteiger partial charge in [-0.3, -0.25) is 10.1 Å². The number of hydrogen-bond donors (Lipinski definition) is 1. The highest BCUT2D eigenvalue weighted by molar-refractivity contribution is 7.08. The third-order valence-electron chi connectivity index (χ3n) is 3.38. The zero-order chi connectivity index (χ0) is 16.4. The molecule has 3 heterocycles. The molecule has 0 aliphatic rings. The fourth-order valence-electron chi connectivity index (χ4n) is 2.25. The molecular weight excluding hydrogens is 326 g/mol. The number of amides is 1. The molecule has 0 spiro atoms. The maximum Gasteiger partial charge on any atom is 0.280 e. The Labute approximate surface area is 140 Å². The number of carbonyl (C=O) groups is 1. The van der Waals surface area contributed by atoms with Gasteiger partial charge in [0.1, 0.15) is 5.69 Å². The summed E-state index contributed by atoms with van der Waals surface area (Å²) >= 11 is 1.56. The summed E-state index contributed by atoms with van der Waals surface area (Å²) < 4.78 is 10.5. The number of benzene rings is 1. The third kappa shape index (κ3) is 2.72. The summed E-state index contributed by atoms with van der Waals surface area (Å²) in [6.45, 7) is 0. The predicted octanol–water partition coefficient (Wildman–Crippen LogP) is 4.31. The monoisotopic (exact) mass is 337 g/mol. The van der Waals surface area contributed by atoms with Crippen LogP contribution in [0.25, 0.3) is 22.6 Å². The lowest BCUT2D eigenvalue weighted by atomic mass is 10.1. The molecule has 0 radical (unpaired) electrons. The molecule has 0 bridgehead atoms. The number of carbonyl (C=O) groups excluding carboxylic acids is 1. The van der Waals surface area contributed by atoms with Crippen molar-refractivity contribution in [2.45, 2.75) is 0 Å². The van der Waals surface area contributed by atoms with Gasteiger partial charge in [0.2, 0.25) is 5.88 Å². The summed E-state index contributed by atoms with van der Waals surface area (Å²) in [7, 11) is 0. The fourth-order valence-corrected chi connectivity index (χ4v) is 2.90. The van der Waals surface area contributed by atoms with Crippen molar-refractivity contribution < 1.29 is 13.7 Å². The Bertz CT molecular complexity index is 958. The van der Waals surface area contributed by atoms with Crippen molar-refractivity contribution >= 4 is 23.1 Å². The number of oxazole rings is 1. The maximum absolute atomic E-state index is 12.4. The number of anilines is 1. The van der Waals surface area contributed by atoms with Crippen LogP contribution in [-0.4, -0.2) is 16.0 Å². The standard InChI is InChI=1S/C17H11N3O3S/c21-17(15-16(22-10-18-15)11-4-2-1-3-5-11)19-14-8-13(20-23-14)12-6-7-24-9-12/h1-10H,(H,19,21). The van der Waals surface area contributed by atoms with E-state index in [2.05, 4.69) is 15.5 Å². The fraction of sp³-hybridized carbons (Fsp3) is 0. The van der Waals surface area contributed by atoms with Gasteiger partial charge in [-0.05, 0) is 11.4 Å². The first-order valence-corrected chi connectivity index (χ1v) is 8.05. The Hall–Kier alpha value is -3.19. The van der Waals surface area contributed by atoms with Crippen molar-refractivity contribution in [2.75, 3.05) is 5.32 Å². The molecule has 1 N–H and O–H groups in total. The van der Waals surface area contributed by atoms with Crippen LogP contribution in [0.2, 0.25) is 0 Å². The number of nitrogens with one attached hydrogen (secondary N) is 1. The van der Waals surface area contributed by atoms with Crippen molar-refractivity contribution in [1.82, 2.24) is 10.1 Å². The highest BCUT2D eigenvalue weighted by atomic mass is 32.1. The van der Waals surface area contributed by atoms with Crippen molar-refractivity contribution in [2.24, 2.45) is 0 Å². The van der Waals surface area contributed by atoms with Crippen LogP contribution in [0.3, 0.4) is 0 Å². The van der Waals surface area contributed by atoms with Crippen LogP contribution in [0.4, 0.5) is 5.88 Å². The molecule has 24 heavy (non-hydrogen) atoms. The molecule has 0 saturated carbocycles.